The van der Waals surface area contributed by atoms with Crippen molar-refractivity contribution in [3.05, 3.63) is 12.2 Å². The first kappa shape index (κ1) is 12.1. The number of rotatable bonds is 7. The number of carbonyl (C=O) groups is 1. The molecule has 0 aromatic carbocycles. The number of hydrogen-bond donors (Lipinski definition) is 3. The number of aliphatic hydroxyl groups excluding tert-OH is 1. The van der Waals surface area contributed by atoms with Crippen LogP contribution < -0.4 is 5.32 Å². The normalized spacial score (nSPS) is 12.5. The molecule has 0 radical (unpaired) electrons. The van der Waals surface area contributed by atoms with E-state index >= 15 is 0 Å². The molecule has 0 amide bonds. The van der Waals surface area contributed by atoms with Crippen molar-refractivity contribution in [2.45, 2.75) is 6.04 Å². The highest BCUT2D eigenvalue weighted by molar-refractivity contribution is 5.86. The maximum Gasteiger partial charge on any atom is 0.332 e. The van der Waals surface area contributed by atoms with Crippen LogP contribution in [-0.2, 0) is 9.53 Å². The van der Waals surface area contributed by atoms with E-state index in [-0.39, 0.29) is 24.8 Å². The van der Waals surface area contributed by atoms with Gasteiger partial charge in [0, 0.05) is 19.2 Å². The SMILES string of the molecule is C=C(CNC(CO)COC)C(=O)O. The van der Waals surface area contributed by atoms with E-state index in [0.29, 0.717) is 6.61 Å². The van der Waals surface area contributed by atoms with Crippen molar-refractivity contribution in [1.29, 1.82) is 0 Å². The highest BCUT2D eigenvalue weighted by atomic mass is 16.5. The molecule has 0 heterocycles. The van der Waals surface area contributed by atoms with E-state index in [4.69, 9.17) is 14.9 Å². The van der Waals surface area contributed by atoms with E-state index < -0.39 is 5.97 Å². The molecule has 13 heavy (non-hydrogen) atoms. The Hall–Kier alpha value is -0.910. The zero-order valence-electron chi connectivity index (χ0n) is 7.62. The predicted octanol–water partition coefficient (Wildman–Crippen LogP) is -0.776. The Balaban J connectivity index is 3.71. The van der Waals surface area contributed by atoms with Crippen LogP contribution in [0.2, 0.25) is 0 Å². The fraction of sp³-hybridized carbons (Fsp3) is 0.625. The first-order valence-electron chi connectivity index (χ1n) is 3.86. The second kappa shape index (κ2) is 6.59. The van der Waals surface area contributed by atoms with Crippen molar-refractivity contribution in [1.82, 2.24) is 5.32 Å². The van der Waals surface area contributed by atoms with Crippen molar-refractivity contribution >= 4 is 5.97 Å². The Morgan fingerprint density at radius 3 is 2.69 bits per heavy atom. The van der Waals surface area contributed by atoms with Crippen LogP contribution in [0.4, 0.5) is 0 Å². The molecule has 0 saturated heterocycles. The van der Waals surface area contributed by atoms with Crippen molar-refractivity contribution in [2.24, 2.45) is 0 Å². The number of carboxylic acid groups (broad SMARTS) is 1. The maximum absolute atomic E-state index is 10.3. The Morgan fingerprint density at radius 2 is 2.31 bits per heavy atom. The van der Waals surface area contributed by atoms with Crippen LogP contribution in [0.1, 0.15) is 0 Å². The molecule has 0 aromatic rings. The Labute approximate surface area is 77.0 Å². The van der Waals surface area contributed by atoms with E-state index in [0.717, 1.165) is 0 Å². The number of aliphatic carboxylic acids is 1. The van der Waals surface area contributed by atoms with Crippen molar-refractivity contribution in [3.8, 4) is 0 Å². The third-order valence-electron chi connectivity index (χ3n) is 1.49. The Morgan fingerprint density at radius 1 is 1.69 bits per heavy atom. The van der Waals surface area contributed by atoms with Crippen molar-refractivity contribution < 1.29 is 19.7 Å². The number of aliphatic hydroxyl groups is 1. The minimum atomic E-state index is -1.04. The van der Waals surface area contributed by atoms with Gasteiger partial charge in [-0.1, -0.05) is 6.58 Å². The molecule has 0 rings (SSSR count). The Bertz CT molecular complexity index is 181. The third-order valence-corrected chi connectivity index (χ3v) is 1.49. The molecule has 1 atom stereocenters. The average molecular weight is 189 g/mol. The molecular weight excluding hydrogens is 174 g/mol. The summed E-state index contributed by atoms with van der Waals surface area (Å²) < 4.78 is 4.79. The van der Waals surface area contributed by atoms with Gasteiger partial charge in [0.05, 0.1) is 19.3 Å². The standard InChI is InChI=1S/C8H15NO4/c1-6(8(11)12)3-9-7(4-10)5-13-2/h7,9-10H,1,3-5H2,2H3,(H,11,12). The zero-order valence-corrected chi connectivity index (χ0v) is 7.62. The number of carboxylic acids is 1. The van der Waals surface area contributed by atoms with Gasteiger partial charge in [-0.05, 0) is 0 Å². The molecule has 0 aliphatic carbocycles. The summed E-state index contributed by atoms with van der Waals surface area (Å²) >= 11 is 0. The maximum atomic E-state index is 10.3. The fourth-order valence-electron chi connectivity index (χ4n) is 0.721. The molecule has 5 heteroatoms. The van der Waals surface area contributed by atoms with E-state index in [1.165, 1.54) is 7.11 Å². The summed E-state index contributed by atoms with van der Waals surface area (Å²) in [5, 5.41) is 20.0. The zero-order chi connectivity index (χ0) is 10.3. The molecule has 76 valence electrons. The molecule has 0 aliphatic rings. The lowest BCUT2D eigenvalue weighted by molar-refractivity contribution is -0.132. The average Bonchev–Trinajstić information content (AvgIpc) is 2.11. The first-order valence-corrected chi connectivity index (χ1v) is 3.86. The fourth-order valence-corrected chi connectivity index (χ4v) is 0.721. The van der Waals surface area contributed by atoms with Gasteiger partial charge in [0.1, 0.15) is 0 Å². The highest BCUT2D eigenvalue weighted by Gasteiger charge is 2.08. The largest absolute Gasteiger partial charge is 0.478 e. The lowest BCUT2D eigenvalue weighted by Crippen LogP contribution is -2.38. The second-order valence-corrected chi connectivity index (χ2v) is 2.62. The van der Waals surface area contributed by atoms with Gasteiger partial charge in [0.2, 0.25) is 0 Å². The van der Waals surface area contributed by atoms with E-state index in [2.05, 4.69) is 11.9 Å². The molecule has 0 bridgehead atoms. The van der Waals surface area contributed by atoms with Gasteiger partial charge in [0.15, 0.2) is 0 Å². The lowest BCUT2D eigenvalue weighted by Gasteiger charge is -2.14. The van der Waals surface area contributed by atoms with E-state index in [9.17, 15) is 4.79 Å². The van der Waals surface area contributed by atoms with Crippen LogP contribution in [0.15, 0.2) is 12.2 Å². The second-order valence-electron chi connectivity index (χ2n) is 2.62. The molecule has 0 aliphatic heterocycles. The monoisotopic (exact) mass is 189 g/mol. The summed E-state index contributed by atoms with van der Waals surface area (Å²) in [5.74, 6) is -1.04. The van der Waals surface area contributed by atoms with Gasteiger partial charge in [-0.15, -0.1) is 0 Å². The van der Waals surface area contributed by atoms with E-state index in [1.807, 2.05) is 0 Å². The highest BCUT2D eigenvalue weighted by Crippen LogP contribution is 1.89. The van der Waals surface area contributed by atoms with Gasteiger partial charge >= 0.3 is 5.97 Å². The van der Waals surface area contributed by atoms with Gasteiger partial charge in [-0.25, -0.2) is 4.79 Å². The van der Waals surface area contributed by atoms with Crippen LogP contribution in [0.25, 0.3) is 0 Å². The molecule has 5 nitrogen and oxygen atoms in total. The molecule has 3 N–H and O–H groups in total. The molecule has 0 aromatic heterocycles. The molecular formula is C8H15NO4. The predicted molar refractivity (Wildman–Crippen MR) is 47.5 cm³/mol. The quantitative estimate of drug-likeness (QED) is 0.458. The van der Waals surface area contributed by atoms with Crippen LogP contribution in [0, 0.1) is 0 Å². The summed E-state index contributed by atoms with van der Waals surface area (Å²) in [6.45, 7) is 3.72. The Kier molecular flexibility index (Phi) is 6.13. The first-order chi connectivity index (χ1) is 6.11. The molecule has 0 saturated carbocycles. The van der Waals surface area contributed by atoms with Crippen molar-refractivity contribution in [2.75, 3.05) is 26.9 Å². The molecule has 1 unspecified atom stereocenters. The third kappa shape index (κ3) is 5.35. The van der Waals surface area contributed by atoms with E-state index in [1.54, 1.807) is 0 Å². The number of methoxy groups -OCH3 is 1. The minimum absolute atomic E-state index is 0.0644. The molecule has 0 spiro atoms. The smallest absolute Gasteiger partial charge is 0.332 e. The topological polar surface area (TPSA) is 78.8 Å². The van der Waals surface area contributed by atoms with Gasteiger partial charge in [-0.3, -0.25) is 0 Å². The summed E-state index contributed by atoms with van der Waals surface area (Å²) in [7, 11) is 1.51. The van der Waals surface area contributed by atoms with Gasteiger partial charge < -0.3 is 20.3 Å². The summed E-state index contributed by atoms with van der Waals surface area (Å²) in [4.78, 5) is 10.3. The lowest BCUT2D eigenvalue weighted by atomic mass is 10.2. The number of ether oxygens (including phenoxy) is 1. The van der Waals surface area contributed by atoms with Crippen LogP contribution in [0.5, 0.6) is 0 Å². The van der Waals surface area contributed by atoms with Gasteiger partial charge in [-0.2, -0.15) is 0 Å². The molecule has 0 fully saturated rings. The minimum Gasteiger partial charge on any atom is -0.478 e. The summed E-state index contributed by atoms with van der Waals surface area (Å²) in [6.07, 6.45) is 0. The summed E-state index contributed by atoms with van der Waals surface area (Å²) in [5.41, 5.74) is 0.0644. The van der Waals surface area contributed by atoms with Gasteiger partial charge in [0.25, 0.3) is 0 Å². The number of nitrogens with one attached hydrogen (secondary N) is 1. The number of hydrogen-bond acceptors (Lipinski definition) is 4. The van der Waals surface area contributed by atoms with Crippen LogP contribution in [-0.4, -0.2) is 49.1 Å². The van der Waals surface area contributed by atoms with Crippen LogP contribution in [0.3, 0.4) is 0 Å². The van der Waals surface area contributed by atoms with Crippen LogP contribution >= 0.6 is 0 Å². The summed E-state index contributed by atoms with van der Waals surface area (Å²) in [6, 6.07) is -0.249. The van der Waals surface area contributed by atoms with Crippen molar-refractivity contribution in [3.63, 3.8) is 0 Å².